The lowest BCUT2D eigenvalue weighted by molar-refractivity contribution is 0.0600. The zero-order chi connectivity index (χ0) is 25.2. The number of nitrogens with one attached hydrogen (secondary N) is 1. The Hall–Kier alpha value is -3.97. The van der Waals surface area contributed by atoms with Gasteiger partial charge < -0.3 is 19.4 Å². The molecule has 2 aromatic carbocycles. The van der Waals surface area contributed by atoms with Gasteiger partial charge in [-0.05, 0) is 72.2 Å². The van der Waals surface area contributed by atoms with E-state index in [0.717, 1.165) is 22.7 Å². The van der Waals surface area contributed by atoms with Crippen molar-refractivity contribution in [3.63, 3.8) is 0 Å². The summed E-state index contributed by atoms with van der Waals surface area (Å²) in [7, 11) is 1.37. The van der Waals surface area contributed by atoms with Crippen LogP contribution in [-0.4, -0.2) is 23.2 Å². The zero-order valence-electron chi connectivity index (χ0n) is 20.3. The molecule has 7 heteroatoms. The molecule has 4 aromatic rings. The normalized spacial score (nSPS) is 17.3. The molecule has 5 rings (SSSR count). The van der Waals surface area contributed by atoms with Crippen molar-refractivity contribution in [2.75, 3.05) is 12.0 Å². The highest BCUT2D eigenvalue weighted by Gasteiger charge is 2.42. The van der Waals surface area contributed by atoms with Gasteiger partial charge in [-0.25, -0.2) is 4.79 Å². The lowest BCUT2D eigenvalue weighted by Gasteiger charge is -2.26. The molecule has 3 heterocycles. The SMILES string of the molecule is COC(=O)c1ccc(-c2ccc([C@@H]3[C@@H](c4ccccn4)NC(=S)N3c3ccc(C(C)C)cc3)o2)cc1. The molecule has 1 N–H and O–H groups in total. The molecule has 0 unspecified atom stereocenters. The number of nitrogens with zero attached hydrogens (tertiary/aromatic N) is 2. The lowest BCUT2D eigenvalue weighted by Crippen LogP contribution is -2.29. The van der Waals surface area contributed by atoms with E-state index in [1.165, 1.54) is 12.7 Å². The van der Waals surface area contributed by atoms with Crippen LogP contribution < -0.4 is 10.2 Å². The maximum atomic E-state index is 11.8. The quantitative estimate of drug-likeness (QED) is 0.243. The van der Waals surface area contributed by atoms with Crippen LogP contribution in [0.15, 0.2) is 89.5 Å². The first-order valence-corrected chi connectivity index (χ1v) is 12.3. The van der Waals surface area contributed by atoms with Gasteiger partial charge in [0.2, 0.25) is 0 Å². The van der Waals surface area contributed by atoms with Crippen molar-refractivity contribution in [3.8, 4) is 11.3 Å². The molecule has 6 nitrogen and oxygen atoms in total. The van der Waals surface area contributed by atoms with Gasteiger partial charge in [-0.1, -0.05) is 44.2 Å². The molecule has 1 aliphatic rings. The molecule has 2 aromatic heterocycles. The van der Waals surface area contributed by atoms with E-state index < -0.39 is 0 Å². The number of pyridine rings is 1. The van der Waals surface area contributed by atoms with Crippen LogP contribution in [0.1, 0.15) is 59.2 Å². The molecule has 36 heavy (non-hydrogen) atoms. The largest absolute Gasteiger partial charge is 0.465 e. The summed E-state index contributed by atoms with van der Waals surface area (Å²) >= 11 is 5.81. The van der Waals surface area contributed by atoms with Gasteiger partial charge in [-0.3, -0.25) is 4.98 Å². The lowest BCUT2D eigenvalue weighted by atomic mass is 10.0. The number of aromatic nitrogens is 1. The number of benzene rings is 2. The predicted molar refractivity (Wildman–Crippen MR) is 144 cm³/mol. The average Bonchev–Trinajstić information content (AvgIpc) is 3.53. The number of ether oxygens (including phenoxy) is 1. The molecule has 182 valence electrons. The second kappa shape index (κ2) is 9.95. The van der Waals surface area contributed by atoms with Crippen LogP contribution in [0, 0.1) is 0 Å². The average molecular weight is 498 g/mol. The third-order valence-corrected chi connectivity index (χ3v) is 6.76. The van der Waals surface area contributed by atoms with E-state index in [-0.39, 0.29) is 18.1 Å². The van der Waals surface area contributed by atoms with Gasteiger partial charge >= 0.3 is 5.97 Å². The van der Waals surface area contributed by atoms with E-state index in [2.05, 4.69) is 53.3 Å². The molecule has 0 radical (unpaired) electrons. The van der Waals surface area contributed by atoms with Gasteiger partial charge in [0.15, 0.2) is 5.11 Å². The Morgan fingerprint density at radius 2 is 1.78 bits per heavy atom. The number of furan rings is 1. The number of carbonyl (C=O) groups is 1. The predicted octanol–water partition coefficient (Wildman–Crippen LogP) is 6.43. The van der Waals surface area contributed by atoms with Gasteiger partial charge in [0, 0.05) is 17.4 Å². The zero-order valence-corrected chi connectivity index (χ0v) is 21.2. The number of esters is 1. The van der Waals surface area contributed by atoms with E-state index in [0.29, 0.717) is 22.4 Å². The van der Waals surface area contributed by atoms with E-state index in [4.69, 9.17) is 21.4 Å². The molecule has 0 bridgehead atoms. The van der Waals surface area contributed by atoms with E-state index in [9.17, 15) is 4.79 Å². The van der Waals surface area contributed by atoms with Gasteiger partial charge in [0.25, 0.3) is 0 Å². The molecule has 0 spiro atoms. The Bertz CT molecular complexity index is 1370. The second-order valence-electron chi connectivity index (χ2n) is 9.01. The molecular formula is C29H27N3O3S. The highest BCUT2D eigenvalue weighted by Crippen LogP contribution is 2.43. The first kappa shape index (κ1) is 23.8. The summed E-state index contributed by atoms with van der Waals surface area (Å²) < 4.78 is 11.2. The van der Waals surface area contributed by atoms with Crippen LogP contribution >= 0.6 is 12.2 Å². The van der Waals surface area contributed by atoms with Crippen molar-refractivity contribution in [3.05, 3.63) is 108 Å². The summed E-state index contributed by atoms with van der Waals surface area (Å²) in [5.74, 6) is 1.54. The van der Waals surface area contributed by atoms with E-state index in [1.807, 2.05) is 42.5 Å². The second-order valence-corrected chi connectivity index (χ2v) is 9.40. The maximum absolute atomic E-state index is 11.8. The Morgan fingerprint density at radius 1 is 1.03 bits per heavy atom. The first-order chi connectivity index (χ1) is 17.5. The summed E-state index contributed by atoms with van der Waals surface area (Å²) in [6.45, 7) is 4.36. The molecule has 0 aliphatic carbocycles. The highest BCUT2D eigenvalue weighted by molar-refractivity contribution is 7.80. The van der Waals surface area contributed by atoms with Gasteiger partial charge in [-0.15, -0.1) is 0 Å². The van der Waals surface area contributed by atoms with Crippen LogP contribution in [0.25, 0.3) is 11.3 Å². The van der Waals surface area contributed by atoms with Crippen LogP contribution in [-0.2, 0) is 4.74 Å². The fourth-order valence-corrected chi connectivity index (χ4v) is 4.84. The smallest absolute Gasteiger partial charge is 0.337 e. The topological polar surface area (TPSA) is 67.6 Å². The Balaban J connectivity index is 1.53. The molecule has 0 saturated carbocycles. The number of hydrogen-bond acceptors (Lipinski definition) is 5. The molecule has 1 aliphatic heterocycles. The monoisotopic (exact) mass is 497 g/mol. The van der Waals surface area contributed by atoms with Crippen LogP contribution in [0.2, 0.25) is 0 Å². The molecule has 1 saturated heterocycles. The van der Waals surface area contributed by atoms with Gasteiger partial charge in [0.1, 0.15) is 17.6 Å². The van der Waals surface area contributed by atoms with Crippen LogP contribution in [0.5, 0.6) is 0 Å². The number of carbonyl (C=O) groups excluding carboxylic acids is 1. The Morgan fingerprint density at radius 3 is 2.42 bits per heavy atom. The van der Waals surface area contributed by atoms with Gasteiger partial charge in [-0.2, -0.15) is 0 Å². The van der Waals surface area contributed by atoms with Gasteiger partial charge in [0.05, 0.1) is 24.4 Å². The maximum Gasteiger partial charge on any atom is 0.337 e. The fraction of sp³-hybridized carbons (Fsp3) is 0.207. The van der Waals surface area contributed by atoms with Crippen molar-refractivity contribution in [2.24, 2.45) is 0 Å². The minimum absolute atomic E-state index is 0.191. The van der Waals surface area contributed by atoms with Crippen molar-refractivity contribution in [1.82, 2.24) is 10.3 Å². The third kappa shape index (κ3) is 4.50. The van der Waals surface area contributed by atoms with E-state index >= 15 is 0 Å². The summed E-state index contributed by atoms with van der Waals surface area (Å²) in [5, 5.41) is 4.08. The first-order valence-electron chi connectivity index (χ1n) is 11.9. The number of thiocarbonyl (C=S) groups is 1. The number of methoxy groups -OCH3 is 1. The molecule has 1 fully saturated rings. The highest BCUT2D eigenvalue weighted by atomic mass is 32.1. The Kier molecular flexibility index (Phi) is 6.57. The van der Waals surface area contributed by atoms with Crippen molar-refractivity contribution in [2.45, 2.75) is 31.8 Å². The van der Waals surface area contributed by atoms with Crippen LogP contribution in [0.3, 0.4) is 0 Å². The number of anilines is 1. The summed E-state index contributed by atoms with van der Waals surface area (Å²) in [4.78, 5) is 18.5. The van der Waals surface area contributed by atoms with Crippen molar-refractivity contribution < 1.29 is 13.9 Å². The third-order valence-electron chi connectivity index (χ3n) is 6.44. The molecule has 0 amide bonds. The molecular weight excluding hydrogens is 470 g/mol. The van der Waals surface area contributed by atoms with Crippen LogP contribution in [0.4, 0.5) is 5.69 Å². The summed E-state index contributed by atoms with van der Waals surface area (Å²) in [6, 6.07) is 25.0. The summed E-state index contributed by atoms with van der Waals surface area (Å²) in [6.07, 6.45) is 1.79. The number of rotatable bonds is 6. The van der Waals surface area contributed by atoms with E-state index in [1.54, 1.807) is 18.3 Å². The Labute approximate surface area is 215 Å². The summed E-state index contributed by atoms with van der Waals surface area (Å²) in [5.41, 5.74) is 4.49. The molecule has 2 atom stereocenters. The minimum Gasteiger partial charge on any atom is -0.465 e. The van der Waals surface area contributed by atoms with Crippen molar-refractivity contribution in [1.29, 1.82) is 0 Å². The minimum atomic E-state index is -0.371. The van der Waals surface area contributed by atoms with Crippen molar-refractivity contribution >= 4 is 29.0 Å². The standard InChI is InChI=1S/C29H27N3O3S/c1-18(2)19-11-13-22(14-12-19)32-27(26(31-29(32)36)23-6-4-5-17-30-23)25-16-15-24(35-25)20-7-9-21(10-8-20)28(33)34-3/h4-18,26-27H,1-3H3,(H,31,36)/t26-,27-/m1/s1. The number of hydrogen-bond donors (Lipinski definition) is 1. The fourth-order valence-electron chi connectivity index (χ4n) is 4.50.